The van der Waals surface area contributed by atoms with Gasteiger partial charge in [0, 0.05) is 36.6 Å². The molecule has 2 aromatic carbocycles. The second-order valence-electron chi connectivity index (χ2n) is 7.48. The zero-order valence-electron chi connectivity index (χ0n) is 17.2. The highest BCUT2D eigenvalue weighted by Gasteiger charge is 2.27. The molecule has 0 aliphatic carbocycles. The zero-order valence-corrected chi connectivity index (χ0v) is 18.7. The number of ether oxygens (including phenoxy) is 1. The SMILES string of the molecule is C#Cc1cc(C)c2cc(C(=O)c3c(Cl)ccc(C(=O)N4CCOCC4)c3Cl)n(C)c2c1. The molecule has 0 N–H and O–H groups in total. The highest BCUT2D eigenvalue weighted by molar-refractivity contribution is 6.42. The van der Waals surface area contributed by atoms with Gasteiger partial charge in [-0.2, -0.15) is 0 Å². The van der Waals surface area contributed by atoms with Gasteiger partial charge < -0.3 is 14.2 Å². The van der Waals surface area contributed by atoms with E-state index in [0.717, 1.165) is 22.0 Å². The summed E-state index contributed by atoms with van der Waals surface area (Å²) in [6, 6.07) is 8.66. The van der Waals surface area contributed by atoms with Crippen molar-refractivity contribution < 1.29 is 14.3 Å². The second kappa shape index (κ2) is 8.39. The van der Waals surface area contributed by atoms with Crippen LogP contribution in [0.15, 0.2) is 30.3 Å². The molecule has 31 heavy (non-hydrogen) atoms. The predicted molar refractivity (Wildman–Crippen MR) is 122 cm³/mol. The summed E-state index contributed by atoms with van der Waals surface area (Å²) in [5.41, 5.74) is 3.31. The molecule has 0 atom stereocenters. The van der Waals surface area contributed by atoms with Crippen LogP contribution in [0.25, 0.3) is 10.9 Å². The van der Waals surface area contributed by atoms with Crippen LogP contribution >= 0.6 is 23.2 Å². The molecule has 158 valence electrons. The fraction of sp³-hybridized carbons (Fsp3) is 0.250. The fourth-order valence-corrected chi connectivity index (χ4v) is 4.52. The summed E-state index contributed by atoms with van der Waals surface area (Å²) in [6.45, 7) is 3.83. The van der Waals surface area contributed by atoms with Crippen LogP contribution in [0, 0.1) is 19.3 Å². The van der Waals surface area contributed by atoms with Crippen LogP contribution in [-0.2, 0) is 11.8 Å². The molecule has 5 nitrogen and oxygen atoms in total. The normalized spacial score (nSPS) is 14.0. The molecular weight excluding hydrogens is 435 g/mol. The maximum atomic E-state index is 13.5. The topological polar surface area (TPSA) is 51.5 Å². The first-order valence-electron chi connectivity index (χ1n) is 9.80. The quantitative estimate of drug-likeness (QED) is 0.433. The van der Waals surface area contributed by atoms with E-state index in [2.05, 4.69) is 5.92 Å². The van der Waals surface area contributed by atoms with Gasteiger partial charge in [-0.15, -0.1) is 6.42 Å². The maximum Gasteiger partial charge on any atom is 0.255 e. The smallest absolute Gasteiger partial charge is 0.255 e. The van der Waals surface area contributed by atoms with Crippen molar-refractivity contribution in [2.75, 3.05) is 26.3 Å². The number of ketones is 1. The summed E-state index contributed by atoms with van der Waals surface area (Å²) in [7, 11) is 1.79. The number of nitrogens with zero attached hydrogens (tertiary/aromatic N) is 2. The number of rotatable bonds is 3. The number of carbonyl (C=O) groups is 2. The number of hydrogen-bond donors (Lipinski definition) is 0. The Kier molecular flexibility index (Phi) is 5.81. The van der Waals surface area contributed by atoms with E-state index in [-0.39, 0.29) is 32.9 Å². The third kappa shape index (κ3) is 3.72. The van der Waals surface area contributed by atoms with Gasteiger partial charge in [0.05, 0.1) is 40.1 Å². The number of hydrogen-bond acceptors (Lipinski definition) is 3. The van der Waals surface area contributed by atoms with Crippen molar-refractivity contribution in [1.29, 1.82) is 0 Å². The fourth-order valence-electron chi connectivity index (χ4n) is 3.90. The highest BCUT2D eigenvalue weighted by atomic mass is 35.5. The molecular formula is C24H20Cl2N2O3. The number of amides is 1. The van der Waals surface area contributed by atoms with Crippen LogP contribution in [0.4, 0.5) is 0 Å². The van der Waals surface area contributed by atoms with Gasteiger partial charge >= 0.3 is 0 Å². The second-order valence-corrected chi connectivity index (χ2v) is 8.26. The molecule has 1 saturated heterocycles. The van der Waals surface area contributed by atoms with Crippen molar-refractivity contribution in [3.63, 3.8) is 0 Å². The molecule has 1 aromatic heterocycles. The van der Waals surface area contributed by atoms with E-state index in [9.17, 15) is 9.59 Å². The van der Waals surface area contributed by atoms with Crippen LogP contribution in [0.1, 0.15) is 37.5 Å². The molecule has 2 heterocycles. The van der Waals surface area contributed by atoms with Gasteiger partial charge in [-0.05, 0) is 42.8 Å². The molecule has 1 amide bonds. The Bertz CT molecular complexity index is 1260. The van der Waals surface area contributed by atoms with Crippen LogP contribution in [0.3, 0.4) is 0 Å². The Hall–Kier alpha value is -2.78. The predicted octanol–water partition coefficient (Wildman–Crippen LogP) is 4.48. The van der Waals surface area contributed by atoms with Gasteiger partial charge in [-0.1, -0.05) is 29.1 Å². The number of carbonyl (C=O) groups excluding carboxylic acids is 2. The molecule has 0 saturated carbocycles. The van der Waals surface area contributed by atoms with Crippen molar-refractivity contribution in [3.05, 3.63) is 68.3 Å². The average Bonchev–Trinajstić information content (AvgIpc) is 3.11. The lowest BCUT2D eigenvalue weighted by Crippen LogP contribution is -2.40. The van der Waals surface area contributed by atoms with Gasteiger partial charge in [0.2, 0.25) is 5.78 Å². The molecule has 0 radical (unpaired) electrons. The Balaban J connectivity index is 1.80. The van der Waals surface area contributed by atoms with Crippen molar-refractivity contribution >= 4 is 45.8 Å². The highest BCUT2D eigenvalue weighted by Crippen LogP contribution is 2.33. The number of terminal acetylenes is 1. The summed E-state index contributed by atoms with van der Waals surface area (Å²) < 4.78 is 7.08. The maximum absolute atomic E-state index is 13.5. The lowest BCUT2D eigenvalue weighted by atomic mass is 10.0. The number of benzene rings is 2. The first kappa shape index (κ1) is 21.5. The molecule has 3 aromatic rings. The van der Waals surface area contributed by atoms with Crippen LogP contribution in [-0.4, -0.2) is 47.5 Å². The molecule has 4 rings (SSSR count). The Morgan fingerprint density at radius 1 is 1.13 bits per heavy atom. The molecule has 7 heteroatoms. The Morgan fingerprint density at radius 2 is 1.84 bits per heavy atom. The summed E-state index contributed by atoms with van der Waals surface area (Å²) in [4.78, 5) is 28.2. The standard InChI is InChI=1S/C24H20Cl2N2O3/c1-4-15-11-14(2)17-13-20(27(3)19(17)12-15)23(29)21-18(25)6-5-16(22(21)26)24(30)28-7-9-31-10-8-28/h1,5-6,11-13H,7-10H2,2-3H3. The Morgan fingerprint density at radius 3 is 2.52 bits per heavy atom. The van der Waals surface area contributed by atoms with Crippen LogP contribution in [0.5, 0.6) is 0 Å². The average molecular weight is 455 g/mol. The lowest BCUT2D eigenvalue weighted by Gasteiger charge is -2.27. The van der Waals surface area contributed by atoms with Gasteiger partial charge in [0.25, 0.3) is 5.91 Å². The summed E-state index contributed by atoms with van der Waals surface area (Å²) >= 11 is 13.0. The summed E-state index contributed by atoms with van der Waals surface area (Å²) in [5, 5.41) is 1.16. The molecule has 0 bridgehead atoms. The van der Waals surface area contributed by atoms with Crippen molar-refractivity contribution in [2.24, 2.45) is 7.05 Å². The van der Waals surface area contributed by atoms with Crippen molar-refractivity contribution in [2.45, 2.75) is 6.92 Å². The lowest BCUT2D eigenvalue weighted by molar-refractivity contribution is 0.0303. The summed E-state index contributed by atoms with van der Waals surface area (Å²) in [6.07, 6.45) is 5.56. The molecule has 1 aliphatic rings. The number of halogens is 2. The molecule has 0 spiro atoms. The van der Waals surface area contributed by atoms with E-state index in [1.165, 1.54) is 0 Å². The van der Waals surface area contributed by atoms with E-state index >= 15 is 0 Å². The number of morpholine rings is 1. The minimum absolute atomic E-state index is 0.0558. The monoisotopic (exact) mass is 454 g/mol. The van der Waals surface area contributed by atoms with Gasteiger partial charge in [0.1, 0.15) is 0 Å². The summed E-state index contributed by atoms with van der Waals surface area (Å²) in [5.74, 6) is 2.04. The largest absolute Gasteiger partial charge is 0.378 e. The third-order valence-electron chi connectivity index (χ3n) is 5.61. The molecule has 0 unspecified atom stereocenters. The molecule has 1 fully saturated rings. The van der Waals surface area contributed by atoms with Gasteiger partial charge in [0.15, 0.2) is 0 Å². The van der Waals surface area contributed by atoms with E-state index in [1.807, 2.05) is 19.1 Å². The van der Waals surface area contributed by atoms with E-state index in [4.69, 9.17) is 34.4 Å². The molecule has 1 aliphatic heterocycles. The van der Waals surface area contributed by atoms with Crippen molar-refractivity contribution in [1.82, 2.24) is 9.47 Å². The third-order valence-corrected chi connectivity index (χ3v) is 6.32. The van der Waals surface area contributed by atoms with E-state index in [1.54, 1.807) is 34.7 Å². The van der Waals surface area contributed by atoms with Gasteiger partial charge in [-0.3, -0.25) is 9.59 Å². The van der Waals surface area contributed by atoms with E-state index in [0.29, 0.717) is 32.0 Å². The van der Waals surface area contributed by atoms with Crippen molar-refractivity contribution in [3.8, 4) is 12.3 Å². The first-order chi connectivity index (χ1) is 14.8. The first-order valence-corrected chi connectivity index (χ1v) is 10.6. The van der Waals surface area contributed by atoms with Gasteiger partial charge in [-0.25, -0.2) is 0 Å². The number of aryl methyl sites for hydroxylation is 2. The Labute approximate surface area is 190 Å². The minimum Gasteiger partial charge on any atom is -0.378 e. The zero-order chi connectivity index (χ0) is 22.3. The number of fused-ring (bicyclic) bond motifs is 1. The number of aromatic nitrogens is 1. The van der Waals surface area contributed by atoms with Crippen LogP contribution < -0.4 is 0 Å². The van der Waals surface area contributed by atoms with E-state index < -0.39 is 0 Å². The minimum atomic E-state index is -0.355. The van der Waals surface area contributed by atoms with Crippen LogP contribution in [0.2, 0.25) is 10.0 Å².